The molecule has 0 spiro atoms. The summed E-state index contributed by atoms with van der Waals surface area (Å²) in [5.41, 5.74) is 7.07. The third-order valence-electron chi connectivity index (χ3n) is 5.43. The fourth-order valence-electron chi connectivity index (χ4n) is 3.79. The van der Waals surface area contributed by atoms with Crippen molar-refractivity contribution >= 4 is 24.1 Å². The van der Waals surface area contributed by atoms with Gasteiger partial charge in [-0.2, -0.15) is 0 Å². The molecular formula is C18H20ClN3O4. The lowest BCUT2D eigenvalue weighted by Gasteiger charge is -2.21. The van der Waals surface area contributed by atoms with Gasteiger partial charge in [-0.15, -0.1) is 12.4 Å². The van der Waals surface area contributed by atoms with E-state index >= 15 is 0 Å². The number of hydrogen-bond acceptors (Lipinski definition) is 5. The van der Waals surface area contributed by atoms with Crippen LogP contribution in [0.15, 0.2) is 29.1 Å². The van der Waals surface area contributed by atoms with Crippen molar-refractivity contribution in [1.82, 2.24) is 4.98 Å². The number of aromatic amines is 1. The number of nitrogens with one attached hydrogen (secondary N) is 1. The van der Waals surface area contributed by atoms with Crippen molar-refractivity contribution in [2.24, 2.45) is 17.6 Å². The number of carbonyl (C=O) groups is 1. The summed E-state index contributed by atoms with van der Waals surface area (Å²) in [5.74, 6) is -0.754. The van der Waals surface area contributed by atoms with Gasteiger partial charge in [0, 0.05) is 30.4 Å². The third-order valence-corrected chi connectivity index (χ3v) is 5.43. The molecule has 1 aromatic heterocycles. The molecule has 1 saturated carbocycles. The number of pyridine rings is 1. The molecule has 0 amide bonds. The van der Waals surface area contributed by atoms with E-state index in [2.05, 4.69) is 9.88 Å². The molecule has 7 nitrogen and oxygen atoms in total. The van der Waals surface area contributed by atoms with Crippen LogP contribution < -0.4 is 16.2 Å². The van der Waals surface area contributed by atoms with Crippen molar-refractivity contribution in [2.75, 3.05) is 18.0 Å². The monoisotopic (exact) mass is 377 g/mol. The minimum atomic E-state index is -1.45. The highest BCUT2D eigenvalue weighted by molar-refractivity contribution is 5.91. The topological polar surface area (TPSA) is 120 Å². The number of fused-ring (bicyclic) bond motifs is 1. The number of H-pyrrole nitrogens is 1. The summed E-state index contributed by atoms with van der Waals surface area (Å²) in [5, 5.41) is 19.1. The predicted molar refractivity (Wildman–Crippen MR) is 100 cm³/mol. The van der Waals surface area contributed by atoms with Crippen molar-refractivity contribution in [3.8, 4) is 17.0 Å². The number of nitrogens with two attached hydrogens (primary N) is 1. The van der Waals surface area contributed by atoms with Crippen LogP contribution in [0.4, 0.5) is 5.69 Å². The fourth-order valence-corrected chi connectivity index (χ4v) is 3.79. The first-order valence-corrected chi connectivity index (χ1v) is 8.18. The number of aromatic nitrogens is 1. The molecule has 1 aromatic carbocycles. The Morgan fingerprint density at radius 1 is 1.23 bits per heavy atom. The maximum absolute atomic E-state index is 12.0. The van der Waals surface area contributed by atoms with Crippen molar-refractivity contribution in [1.29, 1.82) is 0 Å². The smallest absolute Gasteiger partial charge is 0.345 e. The van der Waals surface area contributed by atoms with Gasteiger partial charge in [0.2, 0.25) is 0 Å². The Labute approximate surface area is 155 Å². The lowest BCUT2D eigenvalue weighted by molar-refractivity contribution is 0.0691. The van der Waals surface area contributed by atoms with E-state index in [0.29, 0.717) is 34.7 Å². The zero-order valence-electron chi connectivity index (χ0n) is 14.1. The Balaban J connectivity index is 0.00000196. The van der Waals surface area contributed by atoms with Gasteiger partial charge in [-0.25, -0.2) is 4.79 Å². The second-order valence-corrected chi connectivity index (χ2v) is 6.84. The maximum atomic E-state index is 12.0. The van der Waals surface area contributed by atoms with Crippen molar-refractivity contribution in [2.45, 2.75) is 13.0 Å². The molecule has 26 heavy (non-hydrogen) atoms. The number of anilines is 1. The minimum absolute atomic E-state index is 0. The van der Waals surface area contributed by atoms with Gasteiger partial charge in [-0.3, -0.25) is 4.79 Å². The number of carboxylic acids is 1. The zero-order chi connectivity index (χ0) is 17.9. The Kier molecular flexibility index (Phi) is 4.46. The Hall–Kier alpha value is -2.51. The molecule has 2 unspecified atom stereocenters. The summed E-state index contributed by atoms with van der Waals surface area (Å²) in [6.45, 7) is 3.51. The van der Waals surface area contributed by atoms with E-state index in [0.717, 1.165) is 18.8 Å². The van der Waals surface area contributed by atoms with Crippen LogP contribution in [0.3, 0.4) is 0 Å². The lowest BCUT2D eigenvalue weighted by atomic mass is 10.0. The highest BCUT2D eigenvalue weighted by Gasteiger charge is 2.53. The number of benzene rings is 1. The molecular weight excluding hydrogens is 358 g/mol. The largest absolute Gasteiger partial charge is 0.506 e. The number of nitrogens with zero attached hydrogens (tertiary/aromatic N) is 1. The Morgan fingerprint density at radius 2 is 1.81 bits per heavy atom. The average Bonchev–Trinajstić information content (AvgIpc) is 2.98. The highest BCUT2D eigenvalue weighted by atomic mass is 35.5. The second-order valence-electron chi connectivity index (χ2n) is 6.84. The van der Waals surface area contributed by atoms with Crippen molar-refractivity contribution in [3.05, 3.63) is 45.7 Å². The lowest BCUT2D eigenvalue weighted by Crippen LogP contribution is -2.27. The van der Waals surface area contributed by atoms with Crippen LogP contribution in [0, 0.1) is 18.8 Å². The molecule has 138 valence electrons. The molecule has 2 atom stereocenters. The van der Waals surface area contributed by atoms with Crippen LogP contribution in [0.1, 0.15) is 15.9 Å². The molecule has 2 heterocycles. The summed E-state index contributed by atoms with van der Waals surface area (Å²) in [4.78, 5) is 27.9. The Morgan fingerprint density at radius 3 is 2.35 bits per heavy atom. The fraction of sp³-hybridized carbons (Fsp3) is 0.333. The van der Waals surface area contributed by atoms with Crippen LogP contribution in [0.5, 0.6) is 5.75 Å². The third kappa shape index (κ3) is 2.73. The number of halogens is 1. The first kappa shape index (κ1) is 18.3. The van der Waals surface area contributed by atoms with Crippen LogP contribution in [0.25, 0.3) is 11.3 Å². The zero-order valence-corrected chi connectivity index (χ0v) is 14.9. The molecule has 1 saturated heterocycles. The van der Waals surface area contributed by atoms with Gasteiger partial charge >= 0.3 is 5.97 Å². The molecule has 1 aliphatic carbocycles. The van der Waals surface area contributed by atoms with Crippen LogP contribution in [-0.4, -0.2) is 40.3 Å². The van der Waals surface area contributed by atoms with Gasteiger partial charge in [0.05, 0.1) is 5.69 Å². The maximum Gasteiger partial charge on any atom is 0.345 e. The molecule has 4 rings (SSSR count). The molecule has 1 aliphatic heterocycles. The molecule has 2 aliphatic rings. The summed E-state index contributed by atoms with van der Waals surface area (Å²) in [6.07, 6.45) is 0. The van der Waals surface area contributed by atoms with Gasteiger partial charge in [0.1, 0.15) is 5.75 Å². The molecule has 5 N–H and O–H groups in total. The predicted octanol–water partition coefficient (Wildman–Crippen LogP) is 1.57. The standard InChI is InChI=1S/C18H19N3O4.ClH/c1-8-15(20-17(23)13(16(8)22)18(24)25)9-2-4-10(5-3-9)21-6-11-12(7-21)14(11)19;/h2-5,11-12,14H,6-7,19H2,1H3,(H,24,25)(H2,20,22,23);1H. The van der Waals surface area contributed by atoms with Gasteiger partial charge in [0.15, 0.2) is 5.56 Å². The van der Waals surface area contributed by atoms with Gasteiger partial charge in [-0.05, 0) is 36.5 Å². The second kappa shape index (κ2) is 6.34. The number of aromatic carboxylic acids is 1. The molecule has 8 heteroatoms. The van der Waals surface area contributed by atoms with E-state index in [9.17, 15) is 14.7 Å². The average molecular weight is 378 g/mol. The van der Waals surface area contributed by atoms with Crippen LogP contribution in [-0.2, 0) is 0 Å². The molecule has 0 radical (unpaired) electrons. The molecule has 0 bridgehead atoms. The summed E-state index contributed by atoms with van der Waals surface area (Å²) < 4.78 is 0. The number of hydrogen-bond donors (Lipinski definition) is 4. The number of rotatable bonds is 3. The summed E-state index contributed by atoms with van der Waals surface area (Å²) in [7, 11) is 0. The van der Waals surface area contributed by atoms with Gasteiger partial charge in [0.25, 0.3) is 5.56 Å². The Bertz CT molecular complexity index is 913. The first-order valence-electron chi connectivity index (χ1n) is 8.18. The molecule has 2 fully saturated rings. The summed E-state index contributed by atoms with van der Waals surface area (Å²) >= 11 is 0. The minimum Gasteiger partial charge on any atom is -0.506 e. The molecule has 2 aromatic rings. The van der Waals surface area contributed by atoms with E-state index in [-0.39, 0.29) is 12.4 Å². The van der Waals surface area contributed by atoms with Crippen LogP contribution >= 0.6 is 12.4 Å². The quantitative estimate of drug-likeness (QED) is 0.644. The van der Waals surface area contributed by atoms with E-state index in [1.807, 2.05) is 24.3 Å². The van der Waals surface area contributed by atoms with E-state index in [1.165, 1.54) is 0 Å². The van der Waals surface area contributed by atoms with Gasteiger partial charge in [-0.1, -0.05) is 12.1 Å². The SMILES string of the molecule is Cc1c(-c2ccc(N3CC4C(N)C4C3)cc2)[nH]c(=O)c(C(=O)O)c1O.Cl. The highest BCUT2D eigenvalue weighted by Crippen LogP contribution is 2.45. The normalized spacial score (nSPS) is 23.3. The van der Waals surface area contributed by atoms with E-state index in [1.54, 1.807) is 6.92 Å². The van der Waals surface area contributed by atoms with E-state index < -0.39 is 22.8 Å². The number of piperidine rings is 1. The van der Waals surface area contributed by atoms with Crippen LogP contribution in [0.2, 0.25) is 0 Å². The van der Waals surface area contributed by atoms with Crippen molar-refractivity contribution in [3.63, 3.8) is 0 Å². The number of aromatic hydroxyl groups is 1. The van der Waals surface area contributed by atoms with Gasteiger partial charge < -0.3 is 25.8 Å². The summed E-state index contributed by atoms with van der Waals surface area (Å²) in [6, 6.07) is 7.99. The first-order chi connectivity index (χ1) is 11.9. The van der Waals surface area contributed by atoms with E-state index in [4.69, 9.17) is 10.8 Å². The number of carboxylic acid groups (broad SMARTS) is 1. The van der Waals surface area contributed by atoms with Crippen molar-refractivity contribution < 1.29 is 15.0 Å².